The molecule has 0 aromatic carbocycles. The summed E-state index contributed by atoms with van der Waals surface area (Å²) in [5.74, 6) is -0.0307. The molecule has 0 radical (unpaired) electrons. The van der Waals surface area contributed by atoms with E-state index < -0.39 is 5.60 Å². The lowest BCUT2D eigenvalue weighted by molar-refractivity contribution is -0.140. The third-order valence-corrected chi connectivity index (χ3v) is 4.37. The highest BCUT2D eigenvalue weighted by atomic mass is 16.5. The number of ether oxygens (including phenoxy) is 1. The van der Waals surface area contributed by atoms with Crippen LogP contribution in [0, 0.1) is 0 Å². The molecule has 1 N–H and O–H groups in total. The van der Waals surface area contributed by atoms with Gasteiger partial charge in [-0.2, -0.15) is 0 Å². The van der Waals surface area contributed by atoms with Crippen molar-refractivity contribution in [1.29, 1.82) is 0 Å². The van der Waals surface area contributed by atoms with Crippen molar-refractivity contribution in [2.24, 2.45) is 0 Å². The fourth-order valence-corrected chi connectivity index (χ4v) is 2.54. The molecule has 0 spiro atoms. The third-order valence-electron chi connectivity index (χ3n) is 4.37. The number of amides is 1. The minimum absolute atomic E-state index is 0.0307. The number of nitrogens with zero attached hydrogens (tertiary/aromatic N) is 1. The molecule has 4 nitrogen and oxygen atoms in total. The van der Waals surface area contributed by atoms with E-state index in [0.717, 1.165) is 12.8 Å². The molecule has 0 bridgehead atoms. The molecule has 106 valence electrons. The van der Waals surface area contributed by atoms with Crippen molar-refractivity contribution in [1.82, 2.24) is 10.2 Å². The Bertz CT molecular complexity index is 282. The molecular weight excluding hydrogens is 228 g/mol. The summed E-state index contributed by atoms with van der Waals surface area (Å²) < 4.78 is 5.21. The van der Waals surface area contributed by atoms with Crippen LogP contribution in [0.1, 0.15) is 46.0 Å². The summed E-state index contributed by atoms with van der Waals surface area (Å²) in [4.78, 5) is 14.3. The maximum atomic E-state index is 12.0. The fraction of sp³-hybridized carbons (Fsp3) is 0.929. The van der Waals surface area contributed by atoms with Gasteiger partial charge in [-0.05, 0) is 40.8 Å². The maximum Gasteiger partial charge on any atom is 0.251 e. The number of nitrogens with one attached hydrogen (secondary N) is 1. The van der Waals surface area contributed by atoms with Gasteiger partial charge >= 0.3 is 0 Å². The molecule has 1 aliphatic carbocycles. The first kappa shape index (κ1) is 15.4. The van der Waals surface area contributed by atoms with E-state index in [1.807, 2.05) is 0 Å². The first-order chi connectivity index (χ1) is 8.34. The van der Waals surface area contributed by atoms with Crippen LogP contribution in [0.2, 0.25) is 0 Å². The van der Waals surface area contributed by atoms with Gasteiger partial charge in [-0.1, -0.05) is 19.3 Å². The SMILES string of the molecule is COC(C)(C)C(=O)NCC1(N(C)C)CCCCC1. The van der Waals surface area contributed by atoms with E-state index in [1.54, 1.807) is 21.0 Å². The second-order valence-corrected chi connectivity index (χ2v) is 6.08. The van der Waals surface area contributed by atoms with Crippen LogP contribution in [0.15, 0.2) is 0 Å². The lowest BCUT2D eigenvalue weighted by atomic mass is 9.80. The largest absolute Gasteiger partial charge is 0.369 e. The summed E-state index contributed by atoms with van der Waals surface area (Å²) >= 11 is 0. The first-order valence-electron chi connectivity index (χ1n) is 6.85. The molecule has 1 aliphatic rings. The first-order valence-corrected chi connectivity index (χ1v) is 6.85. The smallest absolute Gasteiger partial charge is 0.251 e. The summed E-state index contributed by atoms with van der Waals surface area (Å²) in [6, 6.07) is 0. The van der Waals surface area contributed by atoms with Crippen LogP contribution >= 0.6 is 0 Å². The van der Waals surface area contributed by atoms with Crippen LogP contribution in [0.3, 0.4) is 0 Å². The Balaban J connectivity index is 2.61. The van der Waals surface area contributed by atoms with Crippen molar-refractivity contribution >= 4 is 5.91 Å². The van der Waals surface area contributed by atoms with E-state index in [-0.39, 0.29) is 11.4 Å². The summed E-state index contributed by atoms with van der Waals surface area (Å²) in [5.41, 5.74) is -0.625. The molecule has 0 unspecified atom stereocenters. The second-order valence-electron chi connectivity index (χ2n) is 6.08. The van der Waals surface area contributed by atoms with E-state index in [2.05, 4.69) is 24.3 Å². The predicted molar refractivity (Wildman–Crippen MR) is 73.6 cm³/mol. The molecule has 1 fully saturated rings. The van der Waals surface area contributed by atoms with Crippen LogP contribution in [-0.4, -0.2) is 49.7 Å². The summed E-state index contributed by atoms with van der Waals surface area (Å²) in [7, 11) is 5.79. The van der Waals surface area contributed by atoms with Crippen LogP contribution in [0.5, 0.6) is 0 Å². The van der Waals surface area contributed by atoms with Gasteiger partial charge in [-0.25, -0.2) is 0 Å². The Hall–Kier alpha value is -0.610. The van der Waals surface area contributed by atoms with Crippen molar-refractivity contribution in [3.05, 3.63) is 0 Å². The molecular formula is C14H28N2O2. The van der Waals surface area contributed by atoms with Crippen molar-refractivity contribution in [2.75, 3.05) is 27.7 Å². The van der Waals surface area contributed by atoms with E-state index in [0.29, 0.717) is 6.54 Å². The van der Waals surface area contributed by atoms with E-state index in [4.69, 9.17) is 4.74 Å². The molecule has 0 aliphatic heterocycles. The highest BCUT2D eigenvalue weighted by molar-refractivity contribution is 5.84. The van der Waals surface area contributed by atoms with Gasteiger partial charge in [0.1, 0.15) is 5.60 Å². The molecule has 0 heterocycles. The van der Waals surface area contributed by atoms with E-state index in [1.165, 1.54) is 19.3 Å². The number of likely N-dealkylation sites (N-methyl/N-ethyl adjacent to an activating group) is 1. The van der Waals surface area contributed by atoms with Gasteiger partial charge in [0.25, 0.3) is 5.91 Å². The standard InChI is InChI=1S/C14H28N2O2/c1-13(2,18-5)12(17)15-11-14(16(3)4)9-7-6-8-10-14/h6-11H2,1-5H3,(H,15,17). The molecule has 1 amide bonds. The van der Waals surface area contributed by atoms with Gasteiger partial charge in [0.2, 0.25) is 0 Å². The number of carbonyl (C=O) groups excluding carboxylic acids is 1. The summed E-state index contributed by atoms with van der Waals surface area (Å²) in [6.07, 6.45) is 6.14. The Morgan fingerprint density at radius 1 is 1.28 bits per heavy atom. The number of hydrogen-bond acceptors (Lipinski definition) is 3. The zero-order valence-corrected chi connectivity index (χ0v) is 12.5. The lowest BCUT2D eigenvalue weighted by Crippen LogP contribution is -2.56. The lowest BCUT2D eigenvalue weighted by Gasteiger charge is -2.43. The number of methoxy groups -OCH3 is 1. The molecule has 1 rings (SSSR count). The van der Waals surface area contributed by atoms with E-state index in [9.17, 15) is 4.79 Å². The van der Waals surface area contributed by atoms with Crippen LogP contribution in [0.4, 0.5) is 0 Å². The molecule has 0 saturated heterocycles. The predicted octanol–water partition coefficient (Wildman–Crippen LogP) is 1.79. The second kappa shape index (κ2) is 6.02. The summed E-state index contributed by atoms with van der Waals surface area (Å²) in [5, 5.41) is 3.06. The third kappa shape index (κ3) is 3.45. The minimum atomic E-state index is -0.748. The molecule has 1 saturated carbocycles. The Labute approximate surface area is 111 Å². The fourth-order valence-electron chi connectivity index (χ4n) is 2.54. The number of hydrogen-bond donors (Lipinski definition) is 1. The van der Waals surface area contributed by atoms with Gasteiger partial charge in [0.15, 0.2) is 0 Å². The van der Waals surface area contributed by atoms with Crippen molar-refractivity contribution in [3.63, 3.8) is 0 Å². The van der Waals surface area contributed by atoms with Crippen molar-refractivity contribution in [3.8, 4) is 0 Å². The van der Waals surface area contributed by atoms with Gasteiger partial charge in [0.05, 0.1) is 0 Å². The quantitative estimate of drug-likeness (QED) is 0.815. The molecule has 0 atom stereocenters. The van der Waals surface area contributed by atoms with Gasteiger partial charge in [-0.3, -0.25) is 4.79 Å². The number of rotatable bonds is 5. The highest BCUT2D eigenvalue weighted by Crippen LogP contribution is 2.31. The highest BCUT2D eigenvalue weighted by Gasteiger charge is 2.36. The topological polar surface area (TPSA) is 41.6 Å². The van der Waals surface area contributed by atoms with Crippen molar-refractivity contribution < 1.29 is 9.53 Å². The zero-order valence-electron chi connectivity index (χ0n) is 12.5. The monoisotopic (exact) mass is 256 g/mol. The summed E-state index contributed by atoms with van der Waals surface area (Å²) in [6.45, 7) is 4.31. The van der Waals surface area contributed by atoms with Crippen molar-refractivity contribution in [2.45, 2.75) is 57.1 Å². The van der Waals surface area contributed by atoms with Crippen LogP contribution in [-0.2, 0) is 9.53 Å². The van der Waals surface area contributed by atoms with Gasteiger partial charge in [0, 0.05) is 19.2 Å². The van der Waals surface area contributed by atoms with Crippen LogP contribution < -0.4 is 5.32 Å². The average Bonchev–Trinajstić information content (AvgIpc) is 2.36. The Morgan fingerprint density at radius 3 is 2.28 bits per heavy atom. The Morgan fingerprint density at radius 2 is 1.83 bits per heavy atom. The van der Waals surface area contributed by atoms with E-state index >= 15 is 0 Å². The maximum absolute atomic E-state index is 12.0. The molecule has 0 aromatic heterocycles. The van der Waals surface area contributed by atoms with Gasteiger partial charge < -0.3 is 15.0 Å². The molecule has 4 heteroatoms. The normalized spacial score (nSPS) is 19.9. The zero-order chi connectivity index (χ0) is 13.8. The minimum Gasteiger partial charge on any atom is -0.369 e. The number of carbonyl (C=O) groups is 1. The Kier molecular flexibility index (Phi) is 5.17. The average molecular weight is 256 g/mol. The molecule has 18 heavy (non-hydrogen) atoms. The van der Waals surface area contributed by atoms with Crippen LogP contribution in [0.25, 0.3) is 0 Å². The molecule has 0 aromatic rings. The van der Waals surface area contributed by atoms with Gasteiger partial charge in [-0.15, -0.1) is 0 Å².